The number of hydrogen-bond donors (Lipinski definition) is 1. The van der Waals surface area contributed by atoms with Gasteiger partial charge in [-0.25, -0.2) is 0 Å². The Bertz CT molecular complexity index is 560. The van der Waals surface area contributed by atoms with Crippen LogP contribution in [0.2, 0.25) is 0 Å². The maximum atomic E-state index is 5.60. The minimum atomic E-state index is -0.0715. The van der Waals surface area contributed by atoms with Crippen LogP contribution in [0.5, 0.6) is 0 Å². The predicted octanol–water partition coefficient (Wildman–Crippen LogP) is 3.21. The molecular weight excluding hydrogens is 246 g/mol. The van der Waals surface area contributed by atoms with Gasteiger partial charge in [-0.1, -0.05) is 55.5 Å². The molecule has 0 spiro atoms. The molecule has 0 saturated carbocycles. The molecule has 1 aliphatic carbocycles. The molecule has 0 saturated heterocycles. The molecule has 2 nitrogen and oxygen atoms in total. The molecule has 20 heavy (non-hydrogen) atoms. The second-order valence-electron chi connectivity index (χ2n) is 5.39. The van der Waals surface area contributed by atoms with Crippen LogP contribution in [0.15, 0.2) is 48.5 Å². The highest BCUT2D eigenvalue weighted by Crippen LogP contribution is 2.48. The van der Waals surface area contributed by atoms with E-state index in [9.17, 15) is 0 Å². The molecule has 0 aliphatic heterocycles. The van der Waals surface area contributed by atoms with Crippen LogP contribution >= 0.6 is 0 Å². The molecule has 2 heteroatoms. The van der Waals surface area contributed by atoms with Crippen LogP contribution in [0.3, 0.4) is 0 Å². The smallest absolute Gasteiger partial charge is 0.0612 e. The van der Waals surface area contributed by atoms with Crippen molar-refractivity contribution in [1.29, 1.82) is 0 Å². The highest BCUT2D eigenvalue weighted by Gasteiger charge is 2.42. The van der Waals surface area contributed by atoms with Gasteiger partial charge < -0.3 is 10.1 Å². The predicted molar refractivity (Wildman–Crippen MR) is 83.1 cm³/mol. The molecular formula is C18H21NO. The van der Waals surface area contributed by atoms with Crippen molar-refractivity contribution in [3.8, 4) is 11.1 Å². The zero-order valence-electron chi connectivity index (χ0n) is 12.1. The molecule has 2 aromatic carbocycles. The Morgan fingerprint density at radius 1 is 0.950 bits per heavy atom. The summed E-state index contributed by atoms with van der Waals surface area (Å²) < 4.78 is 5.60. The van der Waals surface area contributed by atoms with Crippen LogP contribution in [-0.4, -0.2) is 26.8 Å². The molecule has 1 N–H and O–H groups in total. The molecule has 3 rings (SSSR count). The van der Waals surface area contributed by atoms with E-state index in [1.165, 1.54) is 22.3 Å². The summed E-state index contributed by atoms with van der Waals surface area (Å²) in [6, 6.07) is 17.4. The molecule has 0 radical (unpaired) electrons. The molecule has 0 heterocycles. The van der Waals surface area contributed by atoms with Gasteiger partial charge in [-0.3, -0.25) is 0 Å². The Labute approximate surface area is 120 Å². The quantitative estimate of drug-likeness (QED) is 0.898. The Morgan fingerprint density at radius 2 is 1.50 bits per heavy atom. The van der Waals surface area contributed by atoms with E-state index in [2.05, 4.69) is 60.8 Å². The molecule has 0 aromatic heterocycles. The summed E-state index contributed by atoms with van der Waals surface area (Å²) in [5.41, 5.74) is 5.38. The zero-order valence-corrected chi connectivity index (χ0v) is 12.1. The van der Waals surface area contributed by atoms with Crippen molar-refractivity contribution >= 4 is 0 Å². The van der Waals surface area contributed by atoms with Crippen molar-refractivity contribution < 1.29 is 4.74 Å². The third-order valence-corrected chi connectivity index (χ3v) is 4.24. The Morgan fingerprint density at radius 3 is 2.00 bits per heavy atom. The van der Waals surface area contributed by atoms with Crippen LogP contribution in [0.4, 0.5) is 0 Å². The maximum absolute atomic E-state index is 5.60. The summed E-state index contributed by atoms with van der Waals surface area (Å²) in [4.78, 5) is 0. The average Bonchev–Trinajstić information content (AvgIpc) is 2.78. The largest absolute Gasteiger partial charge is 0.383 e. The summed E-state index contributed by atoms with van der Waals surface area (Å²) in [5.74, 6) is 0. The number of methoxy groups -OCH3 is 1. The monoisotopic (exact) mass is 267 g/mol. The first-order valence-corrected chi connectivity index (χ1v) is 7.22. The fourth-order valence-corrected chi connectivity index (χ4v) is 3.40. The minimum Gasteiger partial charge on any atom is -0.383 e. The van der Waals surface area contributed by atoms with Crippen LogP contribution in [-0.2, 0) is 10.2 Å². The lowest BCUT2D eigenvalue weighted by atomic mass is 9.78. The molecule has 104 valence electrons. The molecule has 0 bridgehead atoms. The van der Waals surface area contributed by atoms with Crippen molar-refractivity contribution in [2.75, 3.05) is 26.8 Å². The van der Waals surface area contributed by atoms with E-state index >= 15 is 0 Å². The summed E-state index contributed by atoms with van der Waals surface area (Å²) >= 11 is 0. The number of benzene rings is 2. The van der Waals surface area contributed by atoms with Gasteiger partial charge in [0.1, 0.15) is 0 Å². The van der Waals surface area contributed by atoms with Gasteiger partial charge in [-0.2, -0.15) is 0 Å². The van der Waals surface area contributed by atoms with Crippen LogP contribution in [0.1, 0.15) is 18.1 Å². The first-order chi connectivity index (χ1) is 9.83. The van der Waals surface area contributed by atoms with Crippen LogP contribution in [0, 0.1) is 0 Å². The molecule has 2 aromatic rings. The Kier molecular flexibility index (Phi) is 3.60. The van der Waals surface area contributed by atoms with E-state index in [1.807, 2.05) is 0 Å². The molecule has 0 unspecified atom stereocenters. The number of rotatable bonds is 5. The van der Waals surface area contributed by atoms with Gasteiger partial charge >= 0.3 is 0 Å². The van der Waals surface area contributed by atoms with E-state index in [1.54, 1.807) is 7.11 Å². The molecule has 0 fully saturated rings. The summed E-state index contributed by atoms with van der Waals surface area (Å²) in [6.45, 7) is 4.72. The SMILES string of the molecule is CCNCC1(COC)c2ccccc2-c2ccccc21. The first kappa shape index (κ1) is 13.3. The van der Waals surface area contributed by atoms with Gasteiger partial charge in [-0.15, -0.1) is 0 Å². The van der Waals surface area contributed by atoms with Gasteiger partial charge in [0.2, 0.25) is 0 Å². The van der Waals surface area contributed by atoms with Crippen molar-refractivity contribution in [3.63, 3.8) is 0 Å². The third-order valence-electron chi connectivity index (χ3n) is 4.24. The van der Waals surface area contributed by atoms with Gasteiger partial charge in [0.25, 0.3) is 0 Å². The Balaban J connectivity index is 2.21. The topological polar surface area (TPSA) is 21.3 Å². The lowest BCUT2D eigenvalue weighted by molar-refractivity contribution is 0.148. The summed E-state index contributed by atoms with van der Waals surface area (Å²) in [5, 5.41) is 3.52. The van der Waals surface area contributed by atoms with E-state index in [0.29, 0.717) is 6.61 Å². The fraction of sp³-hybridized carbons (Fsp3) is 0.333. The standard InChI is InChI=1S/C18H21NO/c1-3-19-12-18(13-20-2)16-10-6-4-8-14(16)15-9-5-7-11-17(15)18/h4-11,19H,3,12-13H2,1-2H3. The van der Waals surface area contributed by atoms with E-state index in [0.717, 1.165) is 13.1 Å². The molecule has 0 atom stereocenters. The number of likely N-dealkylation sites (N-methyl/N-ethyl adjacent to an activating group) is 1. The second-order valence-corrected chi connectivity index (χ2v) is 5.39. The zero-order chi connectivity index (χ0) is 14.0. The van der Waals surface area contributed by atoms with Crippen LogP contribution in [0.25, 0.3) is 11.1 Å². The van der Waals surface area contributed by atoms with Gasteiger partial charge in [-0.05, 0) is 28.8 Å². The normalized spacial score (nSPS) is 14.9. The van der Waals surface area contributed by atoms with Crippen LogP contribution < -0.4 is 5.32 Å². The highest BCUT2D eigenvalue weighted by molar-refractivity contribution is 5.81. The van der Waals surface area contributed by atoms with Crippen molar-refractivity contribution in [3.05, 3.63) is 59.7 Å². The number of ether oxygens (including phenoxy) is 1. The van der Waals surface area contributed by atoms with Crippen molar-refractivity contribution in [2.24, 2.45) is 0 Å². The number of nitrogens with one attached hydrogen (secondary N) is 1. The summed E-state index contributed by atoms with van der Waals surface area (Å²) in [6.07, 6.45) is 0. The number of fused-ring (bicyclic) bond motifs is 3. The second kappa shape index (κ2) is 5.39. The van der Waals surface area contributed by atoms with E-state index in [4.69, 9.17) is 4.74 Å². The molecule has 1 aliphatic rings. The van der Waals surface area contributed by atoms with Gasteiger partial charge in [0.15, 0.2) is 0 Å². The van der Waals surface area contributed by atoms with Crippen molar-refractivity contribution in [2.45, 2.75) is 12.3 Å². The van der Waals surface area contributed by atoms with Crippen molar-refractivity contribution in [1.82, 2.24) is 5.32 Å². The lowest BCUT2D eigenvalue weighted by Crippen LogP contribution is -2.41. The summed E-state index contributed by atoms with van der Waals surface area (Å²) in [7, 11) is 1.79. The average molecular weight is 267 g/mol. The Hall–Kier alpha value is -1.64. The van der Waals surface area contributed by atoms with E-state index in [-0.39, 0.29) is 5.41 Å². The van der Waals surface area contributed by atoms with Gasteiger partial charge in [0.05, 0.1) is 12.0 Å². The fourth-order valence-electron chi connectivity index (χ4n) is 3.40. The highest BCUT2D eigenvalue weighted by atomic mass is 16.5. The minimum absolute atomic E-state index is 0.0715. The third kappa shape index (κ3) is 1.88. The lowest BCUT2D eigenvalue weighted by Gasteiger charge is -2.31. The van der Waals surface area contributed by atoms with E-state index < -0.39 is 0 Å². The first-order valence-electron chi connectivity index (χ1n) is 7.22. The van der Waals surface area contributed by atoms with Gasteiger partial charge in [0, 0.05) is 13.7 Å². The molecule has 0 amide bonds. The number of hydrogen-bond acceptors (Lipinski definition) is 2. The maximum Gasteiger partial charge on any atom is 0.0612 e.